The minimum absolute atomic E-state index is 0.0671. The number of halogens is 4. The molecule has 0 saturated heterocycles. The minimum Gasteiger partial charge on any atom is -0.479 e. The molecule has 0 amide bonds. The minimum atomic E-state index is -4.61. The number of anilines is 1. The first-order chi connectivity index (χ1) is 14.1. The van der Waals surface area contributed by atoms with Crippen LogP contribution in [0.1, 0.15) is 5.48 Å². The molecule has 0 unspecified atom stereocenters. The van der Waals surface area contributed by atoms with E-state index in [9.17, 15) is 21.6 Å². The number of nitrogens with one attached hydrogen (secondary N) is 1. The number of ether oxygens (including phenoxy) is 2. The summed E-state index contributed by atoms with van der Waals surface area (Å²) < 4.78 is 104. The third-order valence-electron chi connectivity index (χ3n) is 3.16. The Labute approximate surface area is 161 Å². The number of pyridine rings is 2. The number of rotatable bonds is 6. The van der Waals surface area contributed by atoms with Crippen molar-refractivity contribution in [3.63, 3.8) is 0 Å². The van der Waals surface area contributed by atoms with Crippen LogP contribution in [0.15, 0.2) is 35.5 Å². The Morgan fingerprint density at radius 1 is 1.41 bits per heavy atom. The molecule has 0 aliphatic rings. The lowest BCUT2D eigenvalue weighted by Crippen LogP contribution is -2.15. The Bertz CT molecular complexity index is 1250. The van der Waals surface area contributed by atoms with Crippen LogP contribution in [0.4, 0.5) is 18.9 Å². The Morgan fingerprint density at radius 2 is 2.19 bits per heavy atom. The van der Waals surface area contributed by atoms with Crippen LogP contribution in [-0.2, 0) is 10.0 Å². The topological polar surface area (TPSA) is 94.8 Å². The highest BCUT2D eigenvalue weighted by Crippen LogP contribution is 2.31. The van der Waals surface area contributed by atoms with Gasteiger partial charge < -0.3 is 9.47 Å². The molecule has 0 aliphatic carbocycles. The second-order valence-corrected chi connectivity index (χ2v) is 6.94. The molecule has 8 nitrogen and oxygen atoms in total. The highest BCUT2D eigenvalue weighted by atomic mass is 35.5. The lowest BCUT2D eigenvalue weighted by atomic mass is 10.4. The van der Waals surface area contributed by atoms with E-state index in [4.69, 9.17) is 17.1 Å². The fourth-order valence-electron chi connectivity index (χ4n) is 2.09. The van der Waals surface area contributed by atoms with Gasteiger partial charge >= 0.3 is 6.59 Å². The van der Waals surface area contributed by atoms with Crippen molar-refractivity contribution in [1.82, 2.24) is 14.6 Å². The SMILES string of the molecule is [2H]C([2H])([2H])Oc1nc(OC([2H])(F)F)c(F)cc1NS(=O)(=O)c1cnn2cc(Cl)ccc12. The Morgan fingerprint density at radius 3 is 2.89 bits per heavy atom. The van der Waals surface area contributed by atoms with Gasteiger partial charge in [0.15, 0.2) is 7.19 Å². The van der Waals surface area contributed by atoms with Gasteiger partial charge in [-0.1, -0.05) is 11.6 Å². The number of sulfonamides is 1. The number of methoxy groups -OCH3 is 1. The van der Waals surface area contributed by atoms with Crippen LogP contribution in [0, 0.1) is 5.82 Å². The molecule has 0 fully saturated rings. The Hall–Kier alpha value is -2.73. The summed E-state index contributed by atoms with van der Waals surface area (Å²) in [5.41, 5.74) is -0.764. The number of hydrogen-bond acceptors (Lipinski definition) is 6. The zero-order valence-corrected chi connectivity index (χ0v) is 14.4. The van der Waals surface area contributed by atoms with Crippen molar-refractivity contribution >= 4 is 32.8 Å². The maximum atomic E-state index is 14.1. The van der Waals surface area contributed by atoms with E-state index in [2.05, 4.69) is 19.6 Å². The van der Waals surface area contributed by atoms with Gasteiger partial charge in [-0.15, -0.1) is 0 Å². The molecule has 3 rings (SSSR count). The number of hydrogen-bond donors (Lipinski definition) is 1. The summed E-state index contributed by atoms with van der Waals surface area (Å²) in [6.45, 7) is -4.61. The number of fused-ring (bicyclic) bond motifs is 1. The van der Waals surface area contributed by atoms with Gasteiger partial charge in [-0.3, -0.25) is 4.72 Å². The van der Waals surface area contributed by atoms with Crippen molar-refractivity contribution in [2.75, 3.05) is 11.8 Å². The molecule has 144 valence electrons. The highest BCUT2D eigenvalue weighted by molar-refractivity contribution is 7.93. The van der Waals surface area contributed by atoms with Crippen LogP contribution in [0.2, 0.25) is 5.02 Å². The van der Waals surface area contributed by atoms with E-state index in [0.717, 1.165) is 10.7 Å². The first kappa shape index (κ1) is 14.3. The second kappa shape index (κ2) is 7.12. The van der Waals surface area contributed by atoms with Crippen molar-refractivity contribution in [2.45, 2.75) is 11.5 Å². The van der Waals surface area contributed by atoms with Crippen molar-refractivity contribution in [2.24, 2.45) is 0 Å². The first-order valence-corrected chi connectivity index (χ1v) is 8.63. The Kier molecular flexibility index (Phi) is 3.78. The lowest BCUT2D eigenvalue weighted by Gasteiger charge is -2.12. The number of alkyl halides is 2. The fraction of sp³-hybridized carbons (Fsp3) is 0.143. The first-order valence-electron chi connectivity index (χ1n) is 8.77. The van der Waals surface area contributed by atoms with Gasteiger partial charge in [0.2, 0.25) is 5.88 Å². The molecule has 0 spiro atoms. The molecule has 1 N–H and O–H groups in total. The molecule has 0 saturated carbocycles. The van der Waals surface area contributed by atoms with Crippen LogP contribution >= 0.6 is 11.6 Å². The van der Waals surface area contributed by atoms with Gasteiger partial charge in [-0.05, 0) is 12.1 Å². The summed E-state index contributed by atoms with van der Waals surface area (Å²) >= 11 is 5.81. The lowest BCUT2D eigenvalue weighted by molar-refractivity contribution is -0.0555. The van der Waals surface area contributed by atoms with E-state index in [-0.39, 0.29) is 10.5 Å². The maximum Gasteiger partial charge on any atom is 0.388 e. The predicted octanol–water partition coefficient (Wildman–Crippen LogP) is 2.93. The molecular formula is C14H10ClF3N4O4S. The molecule has 0 radical (unpaired) electrons. The number of nitrogens with zero attached hydrogens (tertiary/aromatic N) is 3. The molecule has 3 aromatic heterocycles. The molecule has 0 aromatic carbocycles. The summed E-state index contributed by atoms with van der Waals surface area (Å²) in [5, 5.41) is 4.08. The normalized spacial score (nSPS) is 14.8. The Balaban J connectivity index is 2.06. The maximum absolute atomic E-state index is 14.1. The van der Waals surface area contributed by atoms with Crippen LogP contribution in [0.5, 0.6) is 11.8 Å². The molecule has 27 heavy (non-hydrogen) atoms. The van der Waals surface area contributed by atoms with E-state index >= 15 is 0 Å². The fourth-order valence-corrected chi connectivity index (χ4v) is 3.42. The summed E-state index contributed by atoms with van der Waals surface area (Å²) in [6.07, 6.45) is 2.26. The van der Waals surface area contributed by atoms with E-state index in [0.29, 0.717) is 6.07 Å². The van der Waals surface area contributed by atoms with E-state index in [1.165, 1.54) is 18.3 Å². The van der Waals surface area contributed by atoms with Gasteiger partial charge in [0.05, 0.1) is 27.9 Å². The van der Waals surface area contributed by atoms with Crippen molar-refractivity contribution in [3.05, 3.63) is 41.4 Å². The summed E-state index contributed by atoms with van der Waals surface area (Å²) in [5.74, 6) is -4.19. The molecule has 3 heterocycles. The summed E-state index contributed by atoms with van der Waals surface area (Å²) in [4.78, 5) is 2.74. The smallest absolute Gasteiger partial charge is 0.388 e. The molecular weight excluding hydrogens is 413 g/mol. The standard InChI is InChI=1S/C14H10ClF3N4O4S/c1-25-13-9(4-8(16)12(20-13)26-14(17)18)21-27(23,24)11-5-19-22-6-7(15)2-3-10(11)22/h2-6,14,21H,1H3/i1D3,14D. The van der Waals surface area contributed by atoms with Gasteiger partial charge in [0, 0.05) is 12.3 Å². The third-order valence-corrected chi connectivity index (χ3v) is 4.76. The molecule has 3 aromatic rings. The summed E-state index contributed by atoms with van der Waals surface area (Å²) in [7, 11) is -7.74. The third kappa shape index (κ3) is 3.85. The van der Waals surface area contributed by atoms with E-state index < -0.39 is 51.8 Å². The van der Waals surface area contributed by atoms with Gasteiger partial charge in [0.25, 0.3) is 15.9 Å². The van der Waals surface area contributed by atoms with Crippen LogP contribution in [0.25, 0.3) is 5.52 Å². The predicted molar refractivity (Wildman–Crippen MR) is 88.4 cm³/mol. The van der Waals surface area contributed by atoms with Crippen molar-refractivity contribution in [1.29, 1.82) is 0 Å². The van der Waals surface area contributed by atoms with Gasteiger partial charge in [-0.25, -0.2) is 17.3 Å². The number of aromatic nitrogens is 3. The van der Waals surface area contributed by atoms with Gasteiger partial charge in [-0.2, -0.15) is 18.9 Å². The average molecular weight is 427 g/mol. The zero-order chi connectivity index (χ0) is 23.2. The van der Waals surface area contributed by atoms with Crippen LogP contribution in [-0.4, -0.2) is 36.6 Å². The second-order valence-electron chi connectivity index (χ2n) is 4.85. The zero-order valence-electron chi connectivity index (χ0n) is 16.8. The molecule has 13 heteroatoms. The molecule has 0 aliphatic heterocycles. The van der Waals surface area contributed by atoms with E-state index in [1.807, 2.05) is 4.72 Å². The average Bonchev–Trinajstić information content (AvgIpc) is 3.00. The van der Waals surface area contributed by atoms with Crippen molar-refractivity contribution < 1.29 is 36.5 Å². The monoisotopic (exact) mass is 426 g/mol. The van der Waals surface area contributed by atoms with Gasteiger partial charge in [0.1, 0.15) is 10.6 Å². The molecule has 0 bridgehead atoms. The van der Waals surface area contributed by atoms with Crippen LogP contribution in [0.3, 0.4) is 0 Å². The van der Waals surface area contributed by atoms with Crippen molar-refractivity contribution in [3.8, 4) is 11.8 Å². The highest BCUT2D eigenvalue weighted by Gasteiger charge is 2.24. The van der Waals surface area contributed by atoms with E-state index in [1.54, 1.807) is 0 Å². The van der Waals surface area contributed by atoms with Crippen LogP contribution < -0.4 is 14.2 Å². The largest absolute Gasteiger partial charge is 0.479 e. The molecule has 0 atom stereocenters. The summed E-state index contributed by atoms with van der Waals surface area (Å²) in [6, 6.07) is 3.03. The quantitative estimate of drug-likeness (QED) is 0.651.